The van der Waals surface area contributed by atoms with Gasteiger partial charge in [0.05, 0.1) is 13.2 Å². The third-order valence-corrected chi connectivity index (χ3v) is 3.99. The van der Waals surface area contributed by atoms with E-state index in [2.05, 4.69) is 0 Å². The SMILES string of the molecule is O=P(O)(OCCc1ccccc1)OCCc1ccccc1. The summed E-state index contributed by atoms with van der Waals surface area (Å²) in [7, 11) is -3.97. The van der Waals surface area contributed by atoms with Gasteiger partial charge in [-0.25, -0.2) is 4.57 Å². The fourth-order valence-electron chi connectivity index (χ4n) is 1.88. The van der Waals surface area contributed by atoms with E-state index >= 15 is 0 Å². The van der Waals surface area contributed by atoms with E-state index in [1.165, 1.54) is 0 Å². The zero-order valence-corrected chi connectivity index (χ0v) is 12.6. The molecule has 0 fully saturated rings. The highest BCUT2D eigenvalue weighted by atomic mass is 31.2. The van der Waals surface area contributed by atoms with Gasteiger partial charge in [-0.2, -0.15) is 0 Å². The van der Waals surface area contributed by atoms with Crippen LogP contribution in [0.2, 0.25) is 0 Å². The molecule has 2 aromatic carbocycles. The Bertz CT molecular complexity index is 522. The molecule has 0 spiro atoms. The van der Waals surface area contributed by atoms with Gasteiger partial charge in [-0.15, -0.1) is 0 Å². The molecule has 0 bridgehead atoms. The molecule has 0 atom stereocenters. The quantitative estimate of drug-likeness (QED) is 0.757. The molecule has 112 valence electrons. The molecule has 5 heteroatoms. The third-order valence-electron chi connectivity index (χ3n) is 2.98. The number of phosphoric ester groups is 1. The fraction of sp³-hybridized carbons (Fsp3) is 0.250. The lowest BCUT2D eigenvalue weighted by Crippen LogP contribution is -2.02. The Kier molecular flexibility index (Phi) is 6.15. The number of phosphoric acid groups is 1. The Morgan fingerprint density at radius 3 is 1.52 bits per heavy atom. The standard InChI is InChI=1S/C16H19O4P/c17-21(18,19-13-11-15-7-3-1-4-8-15)20-14-12-16-9-5-2-6-10-16/h1-10H,11-14H2,(H,17,18). The monoisotopic (exact) mass is 306 g/mol. The minimum Gasteiger partial charge on any atom is -0.302 e. The Hall–Kier alpha value is -1.45. The normalized spacial score (nSPS) is 11.5. The lowest BCUT2D eigenvalue weighted by Gasteiger charge is -2.12. The van der Waals surface area contributed by atoms with Crippen molar-refractivity contribution in [2.24, 2.45) is 0 Å². The molecule has 0 aliphatic heterocycles. The molecule has 2 aromatic rings. The molecule has 0 heterocycles. The average Bonchev–Trinajstić information content (AvgIpc) is 2.49. The largest absolute Gasteiger partial charge is 0.472 e. The minimum absolute atomic E-state index is 0.156. The van der Waals surface area contributed by atoms with Crippen LogP contribution in [0.1, 0.15) is 11.1 Å². The Morgan fingerprint density at radius 1 is 0.762 bits per heavy atom. The molecule has 4 nitrogen and oxygen atoms in total. The van der Waals surface area contributed by atoms with Crippen LogP contribution in [0.25, 0.3) is 0 Å². The fourth-order valence-corrected chi connectivity index (χ4v) is 2.60. The van der Waals surface area contributed by atoms with Crippen LogP contribution in [-0.4, -0.2) is 18.1 Å². The van der Waals surface area contributed by atoms with Crippen LogP contribution >= 0.6 is 7.82 Å². The van der Waals surface area contributed by atoms with Crippen molar-refractivity contribution in [1.29, 1.82) is 0 Å². The zero-order valence-electron chi connectivity index (χ0n) is 11.7. The van der Waals surface area contributed by atoms with Crippen molar-refractivity contribution in [3.8, 4) is 0 Å². The van der Waals surface area contributed by atoms with Gasteiger partial charge in [0.1, 0.15) is 0 Å². The molecule has 2 rings (SSSR count). The second-order valence-corrected chi connectivity index (χ2v) is 6.06. The predicted octanol–water partition coefficient (Wildman–Crippen LogP) is 3.61. The summed E-state index contributed by atoms with van der Waals surface area (Å²) in [5.41, 5.74) is 2.11. The van der Waals surface area contributed by atoms with Crippen molar-refractivity contribution in [1.82, 2.24) is 0 Å². The maximum Gasteiger partial charge on any atom is 0.472 e. The minimum atomic E-state index is -3.97. The van der Waals surface area contributed by atoms with Crippen molar-refractivity contribution in [3.63, 3.8) is 0 Å². The highest BCUT2D eigenvalue weighted by Gasteiger charge is 2.20. The summed E-state index contributed by atoms with van der Waals surface area (Å²) in [5.74, 6) is 0. The lowest BCUT2D eigenvalue weighted by atomic mass is 10.2. The first-order valence-electron chi connectivity index (χ1n) is 6.85. The van der Waals surface area contributed by atoms with Crippen molar-refractivity contribution < 1.29 is 18.5 Å². The van der Waals surface area contributed by atoms with Gasteiger partial charge in [0.2, 0.25) is 0 Å². The molecular weight excluding hydrogens is 287 g/mol. The van der Waals surface area contributed by atoms with Gasteiger partial charge in [0.25, 0.3) is 0 Å². The Balaban J connectivity index is 1.68. The molecule has 0 radical (unpaired) electrons. The van der Waals surface area contributed by atoms with Crippen molar-refractivity contribution in [3.05, 3.63) is 71.8 Å². The maximum absolute atomic E-state index is 11.7. The van der Waals surface area contributed by atoms with E-state index in [1.54, 1.807) is 0 Å². The molecule has 0 amide bonds. The van der Waals surface area contributed by atoms with Crippen LogP contribution in [0.3, 0.4) is 0 Å². The third kappa shape index (κ3) is 6.23. The van der Waals surface area contributed by atoms with Gasteiger partial charge in [-0.05, 0) is 24.0 Å². The highest BCUT2D eigenvalue weighted by molar-refractivity contribution is 7.47. The number of hydrogen-bond acceptors (Lipinski definition) is 3. The van der Waals surface area contributed by atoms with Crippen LogP contribution in [0, 0.1) is 0 Å². The van der Waals surface area contributed by atoms with E-state index in [0.29, 0.717) is 12.8 Å². The van der Waals surface area contributed by atoms with E-state index in [9.17, 15) is 9.46 Å². The van der Waals surface area contributed by atoms with E-state index in [0.717, 1.165) is 11.1 Å². The second kappa shape index (κ2) is 8.11. The van der Waals surface area contributed by atoms with Gasteiger partial charge in [-0.1, -0.05) is 60.7 Å². The maximum atomic E-state index is 11.7. The first-order chi connectivity index (χ1) is 10.2. The summed E-state index contributed by atoms with van der Waals surface area (Å²) in [6.45, 7) is 0.312. The molecule has 1 N–H and O–H groups in total. The van der Waals surface area contributed by atoms with Crippen LogP contribution in [0.4, 0.5) is 0 Å². The van der Waals surface area contributed by atoms with Gasteiger partial charge >= 0.3 is 7.82 Å². The molecule has 0 unspecified atom stereocenters. The number of rotatable bonds is 8. The van der Waals surface area contributed by atoms with E-state index in [4.69, 9.17) is 9.05 Å². The van der Waals surface area contributed by atoms with Crippen molar-refractivity contribution >= 4 is 7.82 Å². The van der Waals surface area contributed by atoms with Crippen molar-refractivity contribution in [2.45, 2.75) is 12.8 Å². The lowest BCUT2D eigenvalue weighted by molar-refractivity contribution is 0.152. The second-order valence-electron chi connectivity index (χ2n) is 4.61. The number of hydrogen-bond donors (Lipinski definition) is 1. The summed E-state index contributed by atoms with van der Waals surface area (Å²) in [6, 6.07) is 19.3. The smallest absolute Gasteiger partial charge is 0.302 e. The molecular formula is C16H19O4P. The summed E-state index contributed by atoms with van der Waals surface area (Å²) in [6.07, 6.45) is 1.15. The topological polar surface area (TPSA) is 55.8 Å². The molecule has 21 heavy (non-hydrogen) atoms. The molecule has 0 aromatic heterocycles. The van der Waals surface area contributed by atoms with Crippen LogP contribution in [-0.2, 0) is 26.5 Å². The number of benzene rings is 2. The average molecular weight is 306 g/mol. The molecule has 0 aliphatic rings. The Morgan fingerprint density at radius 2 is 1.14 bits per heavy atom. The summed E-state index contributed by atoms with van der Waals surface area (Å²) >= 11 is 0. The van der Waals surface area contributed by atoms with Gasteiger partial charge in [0.15, 0.2) is 0 Å². The summed E-state index contributed by atoms with van der Waals surface area (Å²) in [4.78, 5) is 9.58. The molecule has 0 aliphatic carbocycles. The Labute approximate surface area is 125 Å². The summed E-state index contributed by atoms with van der Waals surface area (Å²) < 4.78 is 21.6. The van der Waals surface area contributed by atoms with E-state index < -0.39 is 7.82 Å². The highest BCUT2D eigenvalue weighted by Crippen LogP contribution is 2.43. The first kappa shape index (κ1) is 15.9. The van der Waals surface area contributed by atoms with Crippen LogP contribution in [0.5, 0.6) is 0 Å². The first-order valence-corrected chi connectivity index (χ1v) is 8.35. The summed E-state index contributed by atoms with van der Waals surface area (Å²) in [5, 5.41) is 0. The predicted molar refractivity (Wildman–Crippen MR) is 82.0 cm³/mol. The van der Waals surface area contributed by atoms with Crippen LogP contribution < -0.4 is 0 Å². The van der Waals surface area contributed by atoms with Crippen LogP contribution in [0.15, 0.2) is 60.7 Å². The van der Waals surface area contributed by atoms with Gasteiger partial charge < -0.3 is 4.89 Å². The molecule has 0 saturated heterocycles. The molecule has 0 saturated carbocycles. The van der Waals surface area contributed by atoms with Gasteiger partial charge in [0, 0.05) is 0 Å². The van der Waals surface area contributed by atoms with Gasteiger partial charge in [-0.3, -0.25) is 9.05 Å². The van der Waals surface area contributed by atoms with E-state index in [1.807, 2.05) is 60.7 Å². The zero-order chi connectivity index (χ0) is 15.0. The van der Waals surface area contributed by atoms with Crippen molar-refractivity contribution in [2.75, 3.05) is 13.2 Å². The van der Waals surface area contributed by atoms with E-state index in [-0.39, 0.29) is 13.2 Å².